The van der Waals surface area contributed by atoms with Crippen LogP contribution in [-0.4, -0.2) is 31.6 Å². The van der Waals surface area contributed by atoms with Gasteiger partial charge in [-0.3, -0.25) is 4.79 Å². The molecule has 1 amide bonds. The highest BCUT2D eigenvalue weighted by Gasteiger charge is 2.26. The van der Waals surface area contributed by atoms with Crippen LogP contribution in [0.3, 0.4) is 0 Å². The van der Waals surface area contributed by atoms with Crippen molar-refractivity contribution in [3.05, 3.63) is 23.1 Å². The third-order valence-electron chi connectivity index (χ3n) is 2.57. The molecule has 0 radical (unpaired) electrons. The van der Waals surface area contributed by atoms with Crippen molar-refractivity contribution in [2.75, 3.05) is 30.7 Å². The lowest BCUT2D eigenvalue weighted by Gasteiger charge is -2.06. The van der Waals surface area contributed by atoms with E-state index in [9.17, 15) is 9.59 Å². The molecule has 1 aromatic heterocycles. The minimum atomic E-state index is -0.521. The Morgan fingerprint density at radius 3 is 2.71 bits per heavy atom. The molecule has 7 heteroatoms. The Kier molecular flexibility index (Phi) is 6.74. The number of anilines is 2. The molecule has 0 aliphatic rings. The first kappa shape index (κ1) is 17.0. The third kappa shape index (κ3) is 4.22. The Hall–Kier alpha value is -2.02. The molecule has 0 unspecified atom stereocenters. The normalized spacial score (nSPS) is 10.0. The van der Waals surface area contributed by atoms with Gasteiger partial charge in [-0.1, -0.05) is 13.0 Å². The first-order valence-electron chi connectivity index (χ1n) is 6.79. The van der Waals surface area contributed by atoms with E-state index in [2.05, 4.69) is 17.2 Å². The number of esters is 1. The van der Waals surface area contributed by atoms with Gasteiger partial charge >= 0.3 is 5.97 Å². The average Bonchev–Trinajstić information content (AvgIpc) is 2.79. The fourth-order valence-corrected chi connectivity index (χ4v) is 2.68. The van der Waals surface area contributed by atoms with Gasteiger partial charge in [-0.15, -0.1) is 17.9 Å². The van der Waals surface area contributed by atoms with Crippen LogP contribution in [0.1, 0.15) is 40.3 Å². The molecule has 6 nitrogen and oxygen atoms in total. The van der Waals surface area contributed by atoms with Gasteiger partial charge in [0.05, 0.1) is 12.3 Å². The molecule has 4 N–H and O–H groups in total. The monoisotopic (exact) mass is 311 g/mol. The molecule has 0 bridgehead atoms. The number of ether oxygens (including phenoxy) is 1. The van der Waals surface area contributed by atoms with Crippen LogP contribution in [0.15, 0.2) is 12.7 Å². The van der Waals surface area contributed by atoms with Crippen LogP contribution in [0.2, 0.25) is 0 Å². The van der Waals surface area contributed by atoms with E-state index in [0.29, 0.717) is 23.0 Å². The number of carbonyl (C=O) groups excluding carboxylic acids is 2. The van der Waals surface area contributed by atoms with Crippen LogP contribution >= 0.6 is 11.3 Å². The van der Waals surface area contributed by atoms with Gasteiger partial charge in [-0.25, -0.2) is 4.79 Å². The summed E-state index contributed by atoms with van der Waals surface area (Å²) in [7, 11) is 0. The lowest BCUT2D eigenvalue weighted by molar-refractivity contribution is 0.0529. The van der Waals surface area contributed by atoms with E-state index in [1.54, 1.807) is 13.0 Å². The first-order valence-corrected chi connectivity index (χ1v) is 7.60. The lowest BCUT2D eigenvalue weighted by Crippen LogP contribution is -2.23. The Bertz CT molecular complexity index is 526. The summed E-state index contributed by atoms with van der Waals surface area (Å²) in [6.45, 7) is 8.53. The van der Waals surface area contributed by atoms with Gasteiger partial charge in [0.2, 0.25) is 0 Å². The highest BCUT2D eigenvalue weighted by molar-refractivity contribution is 7.19. The van der Waals surface area contributed by atoms with Crippen molar-refractivity contribution < 1.29 is 14.3 Å². The van der Waals surface area contributed by atoms with Gasteiger partial charge < -0.3 is 21.1 Å². The molecule has 0 aromatic carbocycles. The maximum absolute atomic E-state index is 12.0. The lowest BCUT2D eigenvalue weighted by atomic mass is 10.2. The van der Waals surface area contributed by atoms with Crippen LogP contribution in [0.25, 0.3) is 0 Å². The minimum absolute atomic E-state index is 0.151. The first-order chi connectivity index (χ1) is 10.1. The van der Waals surface area contributed by atoms with Crippen LogP contribution in [-0.2, 0) is 4.74 Å². The maximum Gasteiger partial charge on any atom is 0.343 e. The predicted molar refractivity (Wildman–Crippen MR) is 86.0 cm³/mol. The Balaban J connectivity index is 3.13. The fourth-order valence-electron chi connectivity index (χ4n) is 1.63. The molecular formula is C14H21N3O3S. The van der Waals surface area contributed by atoms with Gasteiger partial charge in [0.25, 0.3) is 5.91 Å². The fraction of sp³-hybridized carbons (Fsp3) is 0.429. The number of thiophene rings is 1. The molecule has 0 aliphatic carbocycles. The van der Waals surface area contributed by atoms with Gasteiger partial charge in [0, 0.05) is 13.1 Å². The van der Waals surface area contributed by atoms with Gasteiger partial charge in [0.1, 0.15) is 15.4 Å². The molecule has 0 atom stereocenters. The molecule has 1 rings (SSSR count). The molecule has 1 heterocycles. The smallest absolute Gasteiger partial charge is 0.343 e. The van der Waals surface area contributed by atoms with Gasteiger partial charge in [0.15, 0.2) is 0 Å². The zero-order valence-electron chi connectivity index (χ0n) is 12.3. The van der Waals surface area contributed by atoms with E-state index >= 15 is 0 Å². The molecule has 116 valence electrons. The molecule has 0 fully saturated rings. The Morgan fingerprint density at radius 1 is 1.43 bits per heavy atom. The van der Waals surface area contributed by atoms with Crippen LogP contribution < -0.4 is 16.4 Å². The topological polar surface area (TPSA) is 93.5 Å². The number of rotatable bonds is 8. The molecule has 1 aromatic rings. The zero-order valence-corrected chi connectivity index (χ0v) is 13.1. The number of amides is 1. The van der Waals surface area contributed by atoms with E-state index < -0.39 is 5.97 Å². The van der Waals surface area contributed by atoms with Crippen LogP contribution in [0.5, 0.6) is 0 Å². The highest BCUT2D eigenvalue weighted by atomic mass is 32.1. The van der Waals surface area contributed by atoms with Crippen molar-refractivity contribution in [1.82, 2.24) is 5.32 Å². The van der Waals surface area contributed by atoms with Crippen molar-refractivity contribution in [3.8, 4) is 0 Å². The average molecular weight is 311 g/mol. The van der Waals surface area contributed by atoms with Crippen molar-refractivity contribution in [1.29, 1.82) is 0 Å². The predicted octanol–water partition coefficient (Wildman–Crippen LogP) is 2.24. The summed E-state index contributed by atoms with van der Waals surface area (Å²) in [6.07, 6.45) is 2.46. The number of nitrogens with one attached hydrogen (secondary N) is 2. The highest BCUT2D eigenvalue weighted by Crippen LogP contribution is 2.36. The molecular weight excluding hydrogens is 290 g/mol. The van der Waals surface area contributed by atoms with Crippen LogP contribution in [0, 0.1) is 0 Å². The zero-order chi connectivity index (χ0) is 15.8. The van der Waals surface area contributed by atoms with E-state index in [-0.39, 0.29) is 23.8 Å². The van der Waals surface area contributed by atoms with Crippen LogP contribution in [0.4, 0.5) is 10.7 Å². The summed E-state index contributed by atoms with van der Waals surface area (Å²) >= 11 is 1.16. The molecule has 0 spiro atoms. The SMILES string of the molecule is C=CCNC(=O)c1sc(NCCC)c(C(=O)OCC)c1N. The molecule has 21 heavy (non-hydrogen) atoms. The Morgan fingerprint density at radius 2 is 2.14 bits per heavy atom. The number of hydrogen-bond acceptors (Lipinski definition) is 6. The maximum atomic E-state index is 12.0. The largest absolute Gasteiger partial charge is 0.462 e. The number of carbonyl (C=O) groups is 2. The second-order valence-corrected chi connectivity index (χ2v) is 5.22. The van der Waals surface area contributed by atoms with Gasteiger partial charge in [-0.05, 0) is 13.3 Å². The second kappa shape index (κ2) is 8.31. The Labute approximate surface area is 128 Å². The van der Waals surface area contributed by atoms with E-state index in [1.807, 2.05) is 6.92 Å². The molecule has 0 saturated carbocycles. The standard InChI is InChI=1S/C14H21N3O3S/c1-4-7-16-12(18)11-10(15)9(14(19)20-6-3)13(21-11)17-8-5-2/h4,17H,1,5-8,15H2,2-3H3,(H,16,18). The third-order valence-corrected chi connectivity index (χ3v) is 3.74. The number of nitrogen functional groups attached to an aromatic ring is 1. The van der Waals surface area contributed by atoms with E-state index in [4.69, 9.17) is 10.5 Å². The number of nitrogens with two attached hydrogens (primary N) is 1. The van der Waals surface area contributed by atoms with Crippen molar-refractivity contribution in [3.63, 3.8) is 0 Å². The number of hydrogen-bond donors (Lipinski definition) is 3. The molecule has 0 aliphatic heterocycles. The summed E-state index contributed by atoms with van der Waals surface area (Å²) in [4.78, 5) is 24.4. The molecule has 0 saturated heterocycles. The summed E-state index contributed by atoms with van der Waals surface area (Å²) in [5.41, 5.74) is 6.35. The van der Waals surface area contributed by atoms with E-state index in [0.717, 1.165) is 17.8 Å². The summed E-state index contributed by atoms with van der Waals surface area (Å²) in [5.74, 6) is -0.847. The van der Waals surface area contributed by atoms with Gasteiger partial charge in [-0.2, -0.15) is 0 Å². The quantitative estimate of drug-likeness (QED) is 0.506. The van der Waals surface area contributed by atoms with Crippen molar-refractivity contribution in [2.24, 2.45) is 0 Å². The van der Waals surface area contributed by atoms with E-state index in [1.165, 1.54) is 0 Å². The summed E-state index contributed by atoms with van der Waals surface area (Å²) in [5, 5.41) is 6.33. The second-order valence-electron chi connectivity index (χ2n) is 4.19. The summed E-state index contributed by atoms with van der Waals surface area (Å²) in [6, 6.07) is 0. The van der Waals surface area contributed by atoms with Crippen molar-refractivity contribution in [2.45, 2.75) is 20.3 Å². The summed E-state index contributed by atoms with van der Waals surface area (Å²) < 4.78 is 5.00. The van der Waals surface area contributed by atoms with Crippen molar-refractivity contribution >= 4 is 33.9 Å². The minimum Gasteiger partial charge on any atom is -0.462 e.